The highest BCUT2D eigenvalue weighted by Crippen LogP contribution is 2.09. The summed E-state index contributed by atoms with van der Waals surface area (Å²) in [5.41, 5.74) is 1.04. The smallest absolute Gasteiger partial charge is 0.0947 e. The van der Waals surface area contributed by atoms with Gasteiger partial charge in [-0.2, -0.15) is 0 Å². The Hall–Kier alpha value is -0.870. The summed E-state index contributed by atoms with van der Waals surface area (Å²) < 4.78 is 7.10. The van der Waals surface area contributed by atoms with E-state index < -0.39 is 0 Å². The Morgan fingerprint density at radius 3 is 2.93 bits per heavy atom. The fourth-order valence-electron chi connectivity index (χ4n) is 1.35. The van der Waals surface area contributed by atoms with Crippen LogP contribution >= 0.6 is 0 Å². The van der Waals surface area contributed by atoms with Crippen LogP contribution in [-0.2, 0) is 11.8 Å². The van der Waals surface area contributed by atoms with E-state index in [0.29, 0.717) is 6.61 Å². The monoisotopic (exact) mass is 197 g/mol. The Bertz CT molecular complexity index is 260. The van der Waals surface area contributed by atoms with E-state index in [9.17, 15) is 0 Å². The lowest BCUT2D eigenvalue weighted by molar-refractivity contribution is 0.165. The molecule has 0 saturated heterocycles. The van der Waals surface area contributed by atoms with E-state index in [2.05, 4.69) is 17.2 Å². The third-order valence-electron chi connectivity index (χ3n) is 2.06. The summed E-state index contributed by atoms with van der Waals surface area (Å²) in [6.45, 7) is 3.80. The Morgan fingerprint density at radius 2 is 2.43 bits per heavy atom. The maximum atomic E-state index is 5.15. The zero-order valence-electron chi connectivity index (χ0n) is 9.16. The van der Waals surface area contributed by atoms with Gasteiger partial charge in [0.2, 0.25) is 0 Å². The number of hydrogen-bond donors (Lipinski definition) is 1. The Morgan fingerprint density at radius 1 is 1.64 bits per heavy atom. The molecule has 4 heteroatoms. The zero-order chi connectivity index (χ0) is 10.4. The van der Waals surface area contributed by atoms with Crippen LogP contribution in [0.5, 0.6) is 0 Å². The highest BCUT2D eigenvalue weighted by Gasteiger charge is 2.12. The van der Waals surface area contributed by atoms with Gasteiger partial charge in [-0.1, -0.05) is 6.92 Å². The third kappa shape index (κ3) is 3.12. The largest absolute Gasteiger partial charge is 0.383 e. The van der Waals surface area contributed by atoms with Gasteiger partial charge in [-0.3, -0.25) is 0 Å². The molecule has 0 aliphatic heterocycles. The molecule has 1 aromatic rings. The molecule has 1 N–H and O–H groups in total. The predicted molar refractivity (Wildman–Crippen MR) is 56.1 cm³/mol. The summed E-state index contributed by atoms with van der Waals surface area (Å²) in [5.74, 6) is 0. The Balaban J connectivity index is 2.57. The fourth-order valence-corrected chi connectivity index (χ4v) is 1.35. The minimum Gasteiger partial charge on any atom is -0.383 e. The van der Waals surface area contributed by atoms with Crippen LogP contribution in [0.3, 0.4) is 0 Å². The van der Waals surface area contributed by atoms with E-state index >= 15 is 0 Å². The van der Waals surface area contributed by atoms with E-state index in [1.165, 1.54) is 0 Å². The molecule has 1 rings (SSSR count). The molecule has 0 spiro atoms. The van der Waals surface area contributed by atoms with Crippen LogP contribution in [0.1, 0.15) is 25.1 Å². The van der Waals surface area contributed by atoms with Crippen LogP contribution in [0.15, 0.2) is 12.5 Å². The molecule has 0 saturated carbocycles. The summed E-state index contributed by atoms with van der Waals surface area (Å²) in [7, 11) is 3.68. The SMILES string of the molecule is CCCNC(COC)c1cn(C)cn1. The number of hydrogen-bond acceptors (Lipinski definition) is 3. The molecule has 0 aliphatic rings. The van der Waals surface area contributed by atoms with Crippen LogP contribution in [0.2, 0.25) is 0 Å². The summed E-state index contributed by atoms with van der Waals surface area (Å²) in [5, 5.41) is 3.40. The van der Waals surface area contributed by atoms with Crippen LogP contribution in [0.4, 0.5) is 0 Å². The van der Waals surface area contributed by atoms with Gasteiger partial charge in [0.25, 0.3) is 0 Å². The summed E-state index contributed by atoms with van der Waals surface area (Å²) in [6.07, 6.45) is 4.95. The van der Waals surface area contributed by atoms with Gasteiger partial charge in [0.15, 0.2) is 0 Å². The van der Waals surface area contributed by atoms with Crippen LogP contribution < -0.4 is 5.32 Å². The molecule has 1 heterocycles. The molecule has 4 nitrogen and oxygen atoms in total. The molecule has 1 unspecified atom stereocenters. The molecule has 1 aromatic heterocycles. The summed E-state index contributed by atoms with van der Waals surface area (Å²) in [6, 6.07) is 0.209. The summed E-state index contributed by atoms with van der Waals surface area (Å²) in [4.78, 5) is 4.31. The first kappa shape index (κ1) is 11.2. The van der Waals surface area contributed by atoms with Gasteiger partial charge in [0.1, 0.15) is 0 Å². The summed E-state index contributed by atoms with van der Waals surface area (Å²) >= 11 is 0. The number of aromatic nitrogens is 2. The molecule has 0 fully saturated rings. The van der Waals surface area contributed by atoms with Crippen molar-refractivity contribution in [2.24, 2.45) is 7.05 Å². The first-order valence-electron chi connectivity index (χ1n) is 4.98. The van der Waals surface area contributed by atoms with Crippen LogP contribution in [0, 0.1) is 0 Å². The molecule has 0 aromatic carbocycles. The van der Waals surface area contributed by atoms with Crippen molar-refractivity contribution in [2.75, 3.05) is 20.3 Å². The number of aryl methyl sites for hydroxylation is 1. The molecule has 0 radical (unpaired) electrons. The van der Waals surface area contributed by atoms with Crippen molar-refractivity contribution in [3.05, 3.63) is 18.2 Å². The predicted octanol–water partition coefficient (Wildman–Crippen LogP) is 1.11. The Labute approximate surface area is 85.3 Å². The average Bonchev–Trinajstić information content (AvgIpc) is 2.59. The van der Waals surface area contributed by atoms with Crippen molar-refractivity contribution >= 4 is 0 Å². The van der Waals surface area contributed by atoms with Gasteiger partial charge in [0.05, 0.1) is 24.7 Å². The van der Waals surface area contributed by atoms with Crippen molar-refractivity contribution in [3.8, 4) is 0 Å². The second-order valence-electron chi connectivity index (χ2n) is 3.43. The maximum absolute atomic E-state index is 5.15. The van der Waals surface area contributed by atoms with Gasteiger partial charge < -0.3 is 14.6 Å². The molecule has 1 atom stereocenters. The van der Waals surface area contributed by atoms with E-state index in [-0.39, 0.29) is 6.04 Å². The van der Waals surface area contributed by atoms with Gasteiger partial charge >= 0.3 is 0 Å². The molecular formula is C10H19N3O. The van der Waals surface area contributed by atoms with Crippen molar-refractivity contribution in [2.45, 2.75) is 19.4 Å². The standard InChI is InChI=1S/C10H19N3O/c1-4-5-11-10(7-14-3)9-6-13(2)8-12-9/h6,8,10-11H,4-5,7H2,1-3H3. The number of nitrogens with one attached hydrogen (secondary N) is 1. The topological polar surface area (TPSA) is 39.1 Å². The molecule has 0 bridgehead atoms. The molecule has 14 heavy (non-hydrogen) atoms. The van der Waals surface area contributed by atoms with Gasteiger partial charge in [-0.25, -0.2) is 4.98 Å². The van der Waals surface area contributed by atoms with E-state index in [4.69, 9.17) is 4.74 Å². The lowest BCUT2D eigenvalue weighted by Gasteiger charge is -2.14. The lowest BCUT2D eigenvalue weighted by atomic mass is 10.2. The van der Waals surface area contributed by atoms with Crippen LogP contribution in [0.25, 0.3) is 0 Å². The Kier molecular flexibility index (Phi) is 4.62. The molecule has 80 valence electrons. The normalized spacial score (nSPS) is 13.1. The number of ether oxygens (including phenoxy) is 1. The van der Waals surface area contributed by atoms with Crippen molar-refractivity contribution in [3.63, 3.8) is 0 Å². The van der Waals surface area contributed by atoms with Gasteiger partial charge in [-0.15, -0.1) is 0 Å². The van der Waals surface area contributed by atoms with Gasteiger partial charge in [0, 0.05) is 20.4 Å². The second-order valence-corrected chi connectivity index (χ2v) is 3.43. The van der Waals surface area contributed by atoms with E-state index in [1.807, 2.05) is 24.1 Å². The minimum atomic E-state index is 0.209. The zero-order valence-corrected chi connectivity index (χ0v) is 9.16. The fraction of sp³-hybridized carbons (Fsp3) is 0.700. The van der Waals surface area contributed by atoms with E-state index in [1.54, 1.807) is 7.11 Å². The maximum Gasteiger partial charge on any atom is 0.0947 e. The lowest BCUT2D eigenvalue weighted by Crippen LogP contribution is -2.26. The molecular weight excluding hydrogens is 178 g/mol. The minimum absolute atomic E-state index is 0.209. The number of nitrogens with zero attached hydrogens (tertiary/aromatic N) is 2. The number of methoxy groups -OCH3 is 1. The van der Waals surface area contributed by atoms with Crippen molar-refractivity contribution < 1.29 is 4.74 Å². The van der Waals surface area contributed by atoms with Crippen LogP contribution in [-0.4, -0.2) is 29.8 Å². The highest BCUT2D eigenvalue weighted by molar-refractivity contribution is 5.03. The van der Waals surface area contributed by atoms with Crippen molar-refractivity contribution in [1.29, 1.82) is 0 Å². The quantitative estimate of drug-likeness (QED) is 0.742. The average molecular weight is 197 g/mol. The number of rotatable bonds is 6. The first-order valence-corrected chi connectivity index (χ1v) is 4.98. The van der Waals surface area contributed by atoms with Gasteiger partial charge in [-0.05, 0) is 13.0 Å². The molecule has 0 amide bonds. The highest BCUT2D eigenvalue weighted by atomic mass is 16.5. The van der Waals surface area contributed by atoms with Crippen molar-refractivity contribution in [1.82, 2.24) is 14.9 Å². The van der Waals surface area contributed by atoms with E-state index in [0.717, 1.165) is 18.7 Å². The number of imidazole rings is 1. The molecule has 0 aliphatic carbocycles. The second kappa shape index (κ2) is 5.78. The first-order chi connectivity index (χ1) is 6.77. The third-order valence-corrected chi connectivity index (χ3v) is 2.06.